The third-order valence-electron chi connectivity index (χ3n) is 3.66. The Morgan fingerprint density at radius 2 is 1.81 bits per heavy atom. The highest BCUT2D eigenvalue weighted by molar-refractivity contribution is 6.03. The van der Waals surface area contributed by atoms with Gasteiger partial charge in [-0.25, -0.2) is 4.79 Å². The molecular weight excluding hydrogens is 336 g/mol. The highest BCUT2D eigenvalue weighted by Crippen LogP contribution is 2.24. The zero-order valence-electron chi connectivity index (χ0n) is 14.2. The van der Waals surface area contributed by atoms with Crippen LogP contribution in [0.5, 0.6) is 5.75 Å². The molecule has 132 valence electrons. The first-order valence-electron chi connectivity index (χ1n) is 7.71. The molecular formula is C19H16N2O5. The quantitative estimate of drug-likeness (QED) is 0.708. The first-order valence-corrected chi connectivity index (χ1v) is 7.71. The standard InChI is InChI=1S/C19H16N2O5/c1-24-15-5-3-4-13(10-15)17-11-16(21-26-17)18(22)20-14-8-6-12(7-9-14)19(23)25-2/h3-11H,1-2H3,(H,20,22). The first kappa shape index (κ1) is 17.2. The maximum Gasteiger partial charge on any atom is 0.337 e. The van der Waals surface area contributed by atoms with Crippen LogP contribution in [0.2, 0.25) is 0 Å². The minimum atomic E-state index is -0.442. The molecule has 1 heterocycles. The topological polar surface area (TPSA) is 90.7 Å². The zero-order chi connectivity index (χ0) is 18.5. The van der Waals surface area contributed by atoms with Gasteiger partial charge in [0.15, 0.2) is 11.5 Å². The van der Waals surface area contributed by atoms with E-state index in [4.69, 9.17) is 9.26 Å². The number of nitrogens with one attached hydrogen (secondary N) is 1. The molecule has 1 amide bonds. The highest BCUT2D eigenvalue weighted by Gasteiger charge is 2.15. The lowest BCUT2D eigenvalue weighted by atomic mass is 10.1. The van der Waals surface area contributed by atoms with Gasteiger partial charge >= 0.3 is 5.97 Å². The number of anilines is 1. The van der Waals surface area contributed by atoms with Crippen molar-refractivity contribution in [2.75, 3.05) is 19.5 Å². The number of hydrogen-bond acceptors (Lipinski definition) is 6. The third kappa shape index (κ3) is 3.72. The highest BCUT2D eigenvalue weighted by atomic mass is 16.5. The van der Waals surface area contributed by atoms with Crippen molar-refractivity contribution in [1.29, 1.82) is 0 Å². The summed E-state index contributed by atoms with van der Waals surface area (Å²) >= 11 is 0. The molecule has 26 heavy (non-hydrogen) atoms. The molecule has 0 unspecified atom stereocenters. The van der Waals surface area contributed by atoms with E-state index in [9.17, 15) is 9.59 Å². The van der Waals surface area contributed by atoms with Crippen molar-refractivity contribution in [2.45, 2.75) is 0 Å². The van der Waals surface area contributed by atoms with Crippen LogP contribution >= 0.6 is 0 Å². The molecule has 1 aromatic heterocycles. The Morgan fingerprint density at radius 3 is 2.50 bits per heavy atom. The van der Waals surface area contributed by atoms with Gasteiger partial charge < -0.3 is 19.3 Å². The van der Waals surface area contributed by atoms with Gasteiger partial charge in [-0.3, -0.25) is 4.79 Å². The second-order valence-corrected chi connectivity index (χ2v) is 5.33. The molecule has 7 nitrogen and oxygen atoms in total. The molecule has 0 radical (unpaired) electrons. The van der Waals surface area contributed by atoms with Crippen molar-refractivity contribution in [3.63, 3.8) is 0 Å². The van der Waals surface area contributed by atoms with Gasteiger partial charge in [-0.2, -0.15) is 0 Å². The van der Waals surface area contributed by atoms with Gasteiger partial charge in [0.2, 0.25) is 0 Å². The fourth-order valence-corrected chi connectivity index (χ4v) is 2.30. The first-order chi connectivity index (χ1) is 12.6. The second kappa shape index (κ2) is 7.52. The summed E-state index contributed by atoms with van der Waals surface area (Å²) in [5, 5.41) is 6.49. The molecule has 0 atom stereocenters. The molecule has 0 saturated heterocycles. The van der Waals surface area contributed by atoms with Crippen molar-refractivity contribution in [3.8, 4) is 17.1 Å². The zero-order valence-corrected chi connectivity index (χ0v) is 14.2. The third-order valence-corrected chi connectivity index (χ3v) is 3.66. The molecule has 3 rings (SSSR count). The Hall–Kier alpha value is -3.61. The van der Waals surface area contributed by atoms with Gasteiger partial charge in [0, 0.05) is 17.3 Å². The fraction of sp³-hybridized carbons (Fsp3) is 0.105. The van der Waals surface area contributed by atoms with E-state index in [2.05, 4.69) is 15.2 Å². The van der Waals surface area contributed by atoms with Crippen LogP contribution in [-0.2, 0) is 4.74 Å². The summed E-state index contributed by atoms with van der Waals surface area (Å²) in [5.41, 5.74) is 1.80. The van der Waals surface area contributed by atoms with Crippen LogP contribution in [0.15, 0.2) is 59.1 Å². The van der Waals surface area contributed by atoms with Crippen LogP contribution in [0.3, 0.4) is 0 Å². The molecule has 0 saturated carbocycles. The number of carbonyl (C=O) groups is 2. The van der Waals surface area contributed by atoms with Gasteiger partial charge in [0.1, 0.15) is 5.75 Å². The Balaban J connectivity index is 1.72. The maximum atomic E-state index is 12.3. The van der Waals surface area contributed by atoms with Crippen LogP contribution < -0.4 is 10.1 Å². The largest absolute Gasteiger partial charge is 0.497 e. The lowest BCUT2D eigenvalue weighted by molar-refractivity contribution is 0.0600. The van der Waals surface area contributed by atoms with E-state index in [1.165, 1.54) is 7.11 Å². The Morgan fingerprint density at radius 1 is 1.04 bits per heavy atom. The van der Waals surface area contributed by atoms with Crippen molar-refractivity contribution in [3.05, 3.63) is 65.9 Å². The van der Waals surface area contributed by atoms with Crippen LogP contribution in [-0.4, -0.2) is 31.3 Å². The van der Waals surface area contributed by atoms with Crippen molar-refractivity contribution in [1.82, 2.24) is 5.16 Å². The molecule has 0 aliphatic rings. The molecule has 7 heteroatoms. The molecule has 0 bridgehead atoms. The monoisotopic (exact) mass is 352 g/mol. The van der Waals surface area contributed by atoms with Gasteiger partial charge in [-0.05, 0) is 36.4 Å². The van der Waals surface area contributed by atoms with E-state index in [0.29, 0.717) is 22.8 Å². The molecule has 0 aliphatic heterocycles. The lowest BCUT2D eigenvalue weighted by Gasteiger charge is -2.04. The van der Waals surface area contributed by atoms with Gasteiger partial charge in [-0.1, -0.05) is 17.3 Å². The van der Waals surface area contributed by atoms with Crippen molar-refractivity contribution < 1.29 is 23.6 Å². The lowest BCUT2D eigenvalue weighted by Crippen LogP contribution is -2.12. The van der Waals surface area contributed by atoms with E-state index in [-0.39, 0.29) is 5.69 Å². The predicted octanol–water partition coefficient (Wildman–Crippen LogP) is 3.39. The number of methoxy groups -OCH3 is 2. The van der Waals surface area contributed by atoms with Crippen LogP contribution in [0.1, 0.15) is 20.8 Å². The average molecular weight is 352 g/mol. The number of amides is 1. The van der Waals surface area contributed by atoms with Gasteiger partial charge in [-0.15, -0.1) is 0 Å². The summed E-state index contributed by atoms with van der Waals surface area (Å²) < 4.78 is 15.0. The predicted molar refractivity (Wildman–Crippen MR) is 94.2 cm³/mol. The molecule has 0 fully saturated rings. The Labute approximate surface area is 149 Å². The van der Waals surface area contributed by atoms with E-state index in [0.717, 1.165) is 5.56 Å². The summed E-state index contributed by atoms with van der Waals surface area (Å²) in [6.07, 6.45) is 0. The molecule has 2 aromatic carbocycles. The van der Waals surface area contributed by atoms with E-state index in [1.807, 2.05) is 18.2 Å². The van der Waals surface area contributed by atoms with E-state index in [1.54, 1.807) is 43.5 Å². The summed E-state index contributed by atoms with van der Waals surface area (Å²) in [7, 11) is 2.88. The normalized spacial score (nSPS) is 10.2. The van der Waals surface area contributed by atoms with Gasteiger partial charge in [0.05, 0.1) is 19.8 Å². The molecule has 0 aliphatic carbocycles. The number of ether oxygens (including phenoxy) is 2. The van der Waals surface area contributed by atoms with Crippen LogP contribution in [0, 0.1) is 0 Å². The van der Waals surface area contributed by atoms with E-state index < -0.39 is 11.9 Å². The number of hydrogen-bond donors (Lipinski definition) is 1. The fourth-order valence-electron chi connectivity index (χ4n) is 2.30. The Kier molecular flexibility index (Phi) is 4.98. The maximum absolute atomic E-state index is 12.3. The number of carbonyl (C=O) groups excluding carboxylic acids is 2. The average Bonchev–Trinajstić information content (AvgIpc) is 3.18. The van der Waals surface area contributed by atoms with Crippen molar-refractivity contribution >= 4 is 17.6 Å². The SMILES string of the molecule is COC(=O)c1ccc(NC(=O)c2cc(-c3cccc(OC)c3)on2)cc1. The van der Waals surface area contributed by atoms with Crippen LogP contribution in [0.25, 0.3) is 11.3 Å². The van der Waals surface area contributed by atoms with Gasteiger partial charge in [0.25, 0.3) is 5.91 Å². The number of rotatable bonds is 5. The summed E-state index contributed by atoms with van der Waals surface area (Å²) in [4.78, 5) is 23.7. The summed E-state index contributed by atoms with van der Waals surface area (Å²) in [6, 6.07) is 15.1. The van der Waals surface area contributed by atoms with Crippen LogP contribution in [0.4, 0.5) is 5.69 Å². The molecule has 1 N–H and O–H groups in total. The summed E-state index contributed by atoms with van der Waals surface area (Å²) in [5.74, 6) is 0.265. The Bertz CT molecular complexity index is 931. The minimum Gasteiger partial charge on any atom is -0.497 e. The van der Waals surface area contributed by atoms with Crippen molar-refractivity contribution in [2.24, 2.45) is 0 Å². The smallest absolute Gasteiger partial charge is 0.337 e. The minimum absolute atomic E-state index is 0.139. The number of esters is 1. The summed E-state index contributed by atoms with van der Waals surface area (Å²) in [6.45, 7) is 0. The molecule has 3 aromatic rings. The molecule has 0 spiro atoms. The number of nitrogens with zero attached hydrogens (tertiary/aromatic N) is 1. The van der Waals surface area contributed by atoms with E-state index >= 15 is 0 Å². The number of aromatic nitrogens is 1. The number of benzene rings is 2. The second-order valence-electron chi connectivity index (χ2n) is 5.33.